The Morgan fingerprint density at radius 1 is 1.56 bits per heavy atom. The molecule has 0 aliphatic carbocycles. The predicted molar refractivity (Wildman–Crippen MR) is 62.9 cm³/mol. The normalized spacial score (nSPS) is 13.8. The second-order valence-electron chi connectivity index (χ2n) is 3.33. The maximum atomic E-state index is 13.4. The van der Waals surface area contributed by atoms with E-state index in [1.807, 2.05) is 0 Å². The van der Waals surface area contributed by atoms with E-state index >= 15 is 0 Å². The summed E-state index contributed by atoms with van der Waals surface area (Å²) in [5, 5.41) is 0. The topological polar surface area (TPSA) is 72.2 Å². The van der Waals surface area contributed by atoms with Gasteiger partial charge in [0.15, 0.2) is 0 Å². The minimum Gasteiger partial charge on any atom is -0.329 e. The number of benzene rings is 1. The van der Waals surface area contributed by atoms with Gasteiger partial charge in [0.2, 0.25) is 10.0 Å². The summed E-state index contributed by atoms with van der Waals surface area (Å²) in [4.78, 5) is -0.379. The second kappa shape index (κ2) is 5.22. The standard InChI is InChI=1S/C9H12BrFN2O2S/c1-6(5-12)13-16(14,15)9-3-2-7(10)4-8(9)11/h2-4,6,13H,5,12H2,1H3/t6-/m0/s1. The summed E-state index contributed by atoms with van der Waals surface area (Å²) in [7, 11) is -3.84. The first-order valence-corrected chi connectivity index (χ1v) is 6.82. The SMILES string of the molecule is C[C@@H](CN)NS(=O)(=O)c1ccc(Br)cc1F. The maximum Gasteiger partial charge on any atom is 0.243 e. The number of sulfonamides is 1. The molecule has 1 rings (SSSR count). The average Bonchev–Trinajstić information content (AvgIpc) is 2.16. The van der Waals surface area contributed by atoms with E-state index in [0.29, 0.717) is 4.47 Å². The van der Waals surface area contributed by atoms with Crippen LogP contribution in [0.5, 0.6) is 0 Å². The van der Waals surface area contributed by atoms with E-state index in [9.17, 15) is 12.8 Å². The third kappa shape index (κ3) is 3.24. The van der Waals surface area contributed by atoms with Crippen molar-refractivity contribution < 1.29 is 12.8 Å². The summed E-state index contributed by atoms with van der Waals surface area (Å²) >= 11 is 3.05. The average molecular weight is 311 g/mol. The van der Waals surface area contributed by atoms with E-state index in [1.165, 1.54) is 12.1 Å². The van der Waals surface area contributed by atoms with Crippen molar-refractivity contribution in [2.24, 2.45) is 5.73 Å². The number of rotatable bonds is 4. The minimum absolute atomic E-state index is 0.150. The van der Waals surface area contributed by atoms with Gasteiger partial charge in [0.1, 0.15) is 10.7 Å². The number of hydrogen-bond donors (Lipinski definition) is 2. The molecule has 16 heavy (non-hydrogen) atoms. The van der Waals surface area contributed by atoms with Crippen LogP contribution >= 0.6 is 15.9 Å². The van der Waals surface area contributed by atoms with Crippen molar-refractivity contribution in [3.8, 4) is 0 Å². The van der Waals surface area contributed by atoms with Crippen LogP contribution in [-0.2, 0) is 10.0 Å². The summed E-state index contributed by atoms with van der Waals surface area (Å²) in [6, 6.07) is 3.32. The Morgan fingerprint density at radius 2 is 2.19 bits per heavy atom. The Hall–Kier alpha value is -0.500. The summed E-state index contributed by atoms with van der Waals surface area (Å²) in [6.45, 7) is 1.76. The van der Waals surface area contributed by atoms with E-state index in [1.54, 1.807) is 6.92 Å². The smallest absolute Gasteiger partial charge is 0.243 e. The molecule has 0 heterocycles. The monoisotopic (exact) mass is 310 g/mol. The van der Waals surface area contributed by atoms with Gasteiger partial charge in [-0.2, -0.15) is 0 Å². The largest absolute Gasteiger partial charge is 0.329 e. The van der Waals surface area contributed by atoms with Crippen molar-refractivity contribution in [3.63, 3.8) is 0 Å². The van der Waals surface area contributed by atoms with Crippen molar-refractivity contribution in [1.29, 1.82) is 0 Å². The van der Waals surface area contributed by atoms with Crippen LogP contribution in [0.15, 0.2) is 27.6 Å². The molecule has 0 aliphatic rings. The van der Waals surface area contributed by atoms with Gasteiger partial charge < -0.3 is 5.73 Å². The van der Waals surface area contributed by atoms with Crippen molar-refractivity contribution in [1.82, 2.24) is 4.72 Å². The van der Waals surface area contributed by atoms with Crippen LogP contribution < -0.4 is 10.5 Å². The Morgan fingerprint density at radius 3 is 2.69 bits per heavy atom. The molecule has 0 aromatic heterocycles. The molecule has 0 radical (unpaired) electrons. The molecule has 0 saturated heterocycles. The highest BCUT2D eigenvalue weighted by molar-refractivity contribution is 9.10. The van der Waals surface area contributed by atoms with E-state index in [4.69, 9.17) is 5.73 Å². The molecule has 0 spiro atoms. The van der Waals surface area contributed by atoms with Gasteiger partial charge in [-0.1, -0.05) is 15.9 Å². The van der Waals surface area contributed by atoms with Gasteiger partial charge >= 0.3 is 0 Å². The highest BCUT2D eigenvalue weighted by Gasteiger charge is 2.20. The molecule has 0 bridgehead atoms. The lowest BCUT2D eigenvalue weighted by Crippen LogP contribution is -2.38. The van der Waals surface area contributed by atoms with Crippen LogP contribution in [0.25, 0.3) is 0 Å². The quantitative estimate of drug-likeness (QED) is 0.878. The van der Waals surface area contributed by atoms with E-state index in [0.717, 1.165) is 6.07 Å². The zero-order valence-corrected chi connectivity index (χ0v) is 11.0. The highest BCUT2D eigenvalue weighted by Crippen LogP contribution is 2.19. The molecular weight excluding hydrogens is 299 g/mol. The first kappa shape index (κ1) is 13.6. The predicted octanol–water partition coefficient (Wildman–Crippen LogP) is 1.21. The van der Waals surface area contributed by atoms with Crippen LogP contribution in [0.1, 0.15) is 6.92 Å². The van der Waals surface area contributed by atoms with Gasteiger partial charge in [-0.3, -0.25) is 0 Å². The fraction of sp³-hybridized carbons (Fsp3) is 0.333. The molecule has 1 aromatic rings. The molecule has 1 aromatic carbocycles. The lowest BCUT2D eigenvalue weighted by Gasteiger charge is -2.12. The van der Waals surface area contributed by atoms with Gasteiger partial charge in [0, 0.05) is 17.1 Å². The first-order valence-electron chi connectivity index (χ1n) is 4.54. The van der Waals surface area contributed by atoms with Gasteiger partial charge in [-0.25, -0.2) is 17.5 Å². The Labute approximate surface area is 102 Å². The molecule has 3 N–H and O–H groups in total. The van der Waals surface area contributed by atoms with E-state index in [-0.39, 0.29) is 11.4 Å². The van der Waals surface area contributed by atoms with Crippen molar-refractivity contribution in [2.45, 2.75) is 17.9 Å². The van der Waals surface area contributed by atoms with Crippen LogP contribution in [0.2, 0.25) is 0 Å². The highest BCUT2D eigenvalue weighted by atomic mass is 79.9. The van der Waals surface area contributed by atoms with Crippen LogP contribution in [0.4, 0.5) is 4.39 Å². The number of halogens is 2. The molecular formula is C9H12BrFN2O2S. The number of hydrogen-bond acceptors (Lipinski definition) is 3. The van der Waals surface area contributed by atoms with Crippen LogP contribution in [0.3, 0.4) is 0 Å². The second-order valence-corrected chi connectivity index (χ2v) is 5.93. The number of nitrogens with two attached hydrogens (primary N) is 1. The fourth-order valence-electron chi connectivity index (χ4n) is 1.07. The first-order chi connectivity index (χ1) is 7.36. The van der Waals surface area contributed by atoms with Gasteiger partial charge in [-0.05, 0) is 25.1 Å². The zero-order valence-electron chi connectivity index (χ0n) is 8.57. The maximum absolute atomic E-state index is 13.4. The number of nitrogens with one attached hydrogen (secondary N) is 1. The molecule has 0 unspecified atom stereocenters. The van der Waals surface area contributed by atoms with Gasteiger partial charge in [-0.15, -0.1) is 0 Å². The molecule has 0 saturated carbocycles. The molecule has 4 nitrogen and oxygen atoms in total. The molecule has 0 aliphatic heterocycles. The fourth-order valence-corrected chi connectivity index (χ4v) is 2.72. The van der Waals surface area contributed by atoms with Gasteiger partial charge in [0.05, 0.1) is 0 Å². The Bertz CT molecular complexity index is 478. The Kier molecular flexibility index (Phi) is 4.43. The van der Waals surface area contributed by atoms with E-state index < -0.39 is 21.9 Å². The van der Waals surface area contributed by atoms with Crippen LogP contribution in [0, 0.1) is 5.82 Å². The molecule has 0 amide bonds. The molecule has 1 atom stereocenters. The summed E-state index contributed by atoms with van der Waals surface area (Å²) in [5.41, 5.74) is 5.29. The minimum atomic E-state index is -3.84. The van der Waals surface area contributed by atoms with Crippen molar-refractivity contribution in [3.05, 3.63) is 28.5 Å². The van der Waals surface area contributed by atoms with E-state index in [2.05, 4.69) is 20.7 Å². The van der Waals surface area contributed by atoms with Crippen molar-refractivity contribution >= 4 is 26.0 Å². The van der Waals surface area contributed by atoms with Gasteiger partial charge in [0.25, 0.3) is 0 Å². The molecule has 0 fully saturated rings. The lowest BCUT2D eigenvalue weighted by molar-refractivity contribution is 0.544. The summed E-state index contributed by atoms with van der Waals surface area (Å²) in [5.74, 6) is -0.800. The third-order valence-corrected chi connectivity index (χ3v) is 4.01. The zero-order chi connectivity index (χ0) is 12.3. The van der Waals surface area contributed by atoms with Crippen LogP contribution in [-0.4, -0.2) is 21.0 Å². The molecule has 90 valence electrons. The van der Waals surface area contributed by atoms with Crippen molar-refractivity contribution in [2.75, 3.05) is 6.54 Å². The molecule has 7 heteroatoms. The third-order valence-electron chi connectivity index (χ3n) is 1.89. The summed E-state index contributed by atoms with van der Waals surface area (Å²) < 4.78 is 39.6. The Balaban J connectivity index is 3.08. The summed E-state index contributed by atoms with van der Waals surface area (Å²) in [6.07, 6.45) is 0. The lowest BCUT2D eigenvalue weighted by atomic mass is 10.3.